The van der Waals surface area contributed by atoms with Crippen LogP contribution >= 0.6 is 35.0 Å². The van der Waals surface area contributed by atoms with Gasteiger partial charge in [-0.25, -0.2) is 0 Å². The maximum absolute atomic E-state index is 12.5. The molecule has 6 heteroatoms. The van der Waals surface area contributed by atoms with E-state index in [4.69, 9.17) is 23.2 Å². The Hall–Kier alpha value is -0.890. The zero-order valence-electron chi connectivity index (χ0n) is 11.0. The van der Waals surface area contributed by atoms with Crippen molar-refractivity contribution in [2.45, 2.75) is 17.6 Å². The molecule has 1 aliphatic rings. The summed E-state index contributed by atoms with van der Waals surface area (Å²) in [5, 5.41) is 9.99. The predicted octanol–water partition coefficient (Wildman–Crippen LogP) is 3.85. The number of carbonyl (C=O) groups excluding carboxylic acids is 1. The fraction of sp³-hybridized carbons (Fsp3) is 0.429. The smallest absolute Gasteiger partial charge is 0.256 e. The number of halogens is 2. The van der Waals surface area contributed by atoms with Crippen LogP contribution in [-0.4, -0.2) is 34.9 Å². The molecule has 1 amide bonds. The molecule has 1 aliphatic heterocycles. The lowest BCUT2D eigenvalue weighted by molar-refractivity contribution is 0.0717. The van der Waals surface area contributed by atoms with Crippen LogP contribution in [0, 0.1) is 11.3 Å². The number of nitriles is 1. The minimum atomic E-state index is -0.374. The van der Waals surface area contributed by atoms with Crippen molar-refractivity contribution in [2.24, 2.45) is 0 Å². The summed E-state index contributed by atoms with van der Waals surface area (Å²) < 4.78 is -0.374. The van der Waals surface area contributed by atoms with E-state index in [-0.39, 0.29) is 10.7 Å². The van der Waals surface area contributed by atoms with E-state index in [0.717, 1.165) is 0 Å². The average Bonchev–Trinajstić information content (AvgIpc) is 2.47. The van der Waals surface area contributed by atoms with Gasteiger partial charge in [-0.2, -0.15) is 5.26 Å². The monoisotopic (exact) mass is 328 g/mol. The van der Waals surface area contributed by atoms with Crippen molar-refractivity contribution in [3.63, 3.8) is 0 Å². The fourth-order valence-corrected chi connectivity index (χ4v) is 3.53. The first kappa shape index (κ1) is 15.5. The molecule has 2 rings (SSSR count). The van der Waals surface area contributed by atoms with Crippen molar-refractivity contribution in [1.82, 2.24) is 4.90 Å². The van der Waals surface area contributed by atoms with Crippen molar-refractivity contribution in [1.29, 1.82) is 5.26 Å². The largest absolute Gasteiger partial charge is 0.338 e. The van der Waals surface area contributed by atoms with Crippen LogP contribution in [0.5, 0.6) is 0 Å². The Balaban J connectivity index is 2.16. The van der Waals surface area contributed by atoms with Crippen LogP contribution in [0.4, 0.5) is 0 Å². The van der Waals surface area contributed by atoms with E-state index >= 15 is 0 Å². The maximum Gasteiger partial charge on any atom is 0.256 e. The number of nitrogens with zero attached hydrogens (tertiary/aromatic N) is 2. The molecule has 0 aliphatic carbocycles. The molecule has 20 heavy (non-hydrogen) atoms. The number of benzene rings is 1. The molecular formula is C14H14Cl2N2OS. The van der Waals surface area contributed by atoms with E-state index in [9.17, 15) is 10.1 Å². The van der Waals surface area contributed by atoms with Crippen molar-refractivity contribution >= 4 is 40.9 Å². The Morgan fingerprint density at radius 3 is 2.35 bits per heavy atom. The van der Waals surface area contributed by atoms with Gasteiger partial charge >= 0.3 is 0 Å². The fourth-order valence-electron chi connectivity index (χ4n) is 2.29. The van der Waals surface area contributed by atoms with Gasteiger partial charge in [0.15, 0.2) is 0 Å². The van der Waals surface area contributed by atoms with Crippen LogP contribution in [0.15, 0.2) is 18.2 Å². The number of hydrogen-bond acceptors (Lipinski definition) is 3. The van der Waals surface area contributed by atoms with Gasteiger partial charge in [-0.05, 0) is 31.2 Å². The minimum Gasteiger partial charge on any atom is -0.338 e. The second-order valence-corrected chi connectivity index (χ2v) is 6.70. The summed E-state index contributed by atoms with van der Waals surface area (Å²) >= 11 is 13.7. The van der Waals surface area contributed by atoms with Gasteiger partial charge in [0.1, 0.15) is 4.75 Å². The summed E-state index contributed by atoms with van der Waals surface area (Å²) in [5.74, 6) is -0.159. The molecule has 0 saturated carbocycles. The van der Waals surface area contributed by atoms with E-state index in [2.05, 4.69) is 6.07 Å². The van der Waals surface area contributed by atoms with Crippen molar-refractivity contribution < 1.29 is 4.79 Å². The number of amides is 1. The van der Waals surface area contributed by atoms with E-state index in [0.29, 0.717) is 41.5 Å². The number of thioether (sulfide) groups is 1. The van der Waals surface area contributed by atoms with Gasteiger partial charge in [0.2, 0.25) is 0 Å². The molecule has 0 bridgehead atoms. The predicted molar refractivity (Wildman–Crippen MR) is 83.5 cm³/mol. The lowest BCUT2D eigenvalue weighted by Crippen LogP contribution is -2.44. The van der Waals surface area contributed by atoms with Gasteiger partial charge in [0.25, 0.3) is 5.91 Å². The highest BCUT2D eigenvalue weighted by Gasteiger charge is 2.36. The standard InChI is InChI=1S/C14H14Cl2N2OS/c1-20-14(9-17)5-7-18(8-6-14)13(19)12-10(15)3-2-4-11(12)16/h2-4H,5-8H2,1H3. The molecule has 0 radical (unpaired) electrons. The number of piperidine rings is 1. The molecule has 106 valence electrons. The minimum absolute atomic E-state index is 0.159. The zero-order chi connectivity index (χ0) is 14.8. The van der Waals surface area contributed by atoms with Crippen LogP contribution in [0.2, 0.25) is 10.0 Å². The summed E-state index contributed by atoms with van der Waals surface area (Å²) in [4.78, 5) is 14.2. The second kappa shape index (κ2) is 6.26. The Morgan fingerprint density at radius 1 is 1.35 bits per heavy atom. The number of carbonyl (C=O) groups is 1. The highest BCUT2D eigenvalue weighted by molar-refractivity contribution is 8.00. The van der Waals surface area contributed by atoms with E-state index in [1.165, 1.54) is 0 Å². The highest BCUT2D eigenvalue weighted by Crippen LogP contribution is 2.35. The molecule has 0 N–H and O–H groups in total. The average molecular weight is 329 g/mol. The summed E-state index contributed by atoms with van der Waals surface area (Å²) in [6, 6.07) is 7.39. The summed E-state index contributed by atoms with van der Waals surface area (Å²) in [6.45, 7) is 1.10. The molecular weight excluding hydrogens is 315 g/mol. The van der Waals surface area contributed by atoms with Gasteiger partial charge in [0, 0.05) is 13.1 Å². The van der Waals surface area contributed by atoms with Crippen LogP contribution < -0.4 is 0 Å². The van der Waals surface area contributed by atoms with Gasteiger partial charge in [-0.15, -0.1) is 11.8 Å². The molecule has 0 aromatic heterocycles. The van der Waals surface area contributed by atoms with Crippen molar-refractivity contribution in [3.8, 4) is 6.07 Å². The molecule has 0 atom stereocenters. The molecule has 3 nitrogen and oxygen atoms in total. The first-order valence-electron chi connectivity index (χ1n) is 6.23. The van der Waals surface area contributed by atoms with Crippen molar-refractivity contribution in [3.05, 3.63) is 33.8 Å². The Bertz CT molecular complexity index is 543. The third kappa shape index (κ3) is 2.90. The quantitative estimate of drug-likeness (QED) is 0.828. The Morgan fingerprint density at radius 2 is 1.90 bits per heavy atom. The van der Waals surface area contributed by atoms with Gasteiger partial charge < -0.3 is 4.90 Å². The molecule has 1 fully saturated rings. The number of rotatable bonds is 2. The van der Waals surface area contributed by atoms with E-state index in [1.54, 1.807) is 34.9 Å². The molecule has 0 unspecified atom stereocenters. The number of hydrogen-bond donors (Lipinski definition) is 0. The van der Waals surface area contributed by atoms with Crippen LogP contribution in [0.25, 0.3) is 0 Å². The summed E-state index contributed by atoms with van der Waals surface area (Å²) in [6.07, 6.45) is 3.27. The summed E-state index contributed by atoms with van der Waals surface area (Å²) in [7, 11) is 0. The first-order valence-corrected chi connectivity index (χ1v) is 8.21. The van der Waals surface area contributed by atoms with E-state index < -0.39 is 0 Å². The van der Waals surface area contributed by atoms with Gasteiger partial charge in [-0.3, -0.25) is 4.79 Å². The lowest BCUT2D eigenvalue weighted by Gasteiger charge is -2.36. The number of likely N-dealkylation sites (tertiary alicyclic amines) is 1. The van der Waals surface area contributed by atoms with Crippen LogP contribution in [-0.2, 0) is 0 Å². The molecule has 0 spiro atoms. The topological polar surface area (TPSA) is 44.1 Å². The van der Waals surface area contributed by atoms with Gasteiger partial charge in [-0.1, -0.05) is 29.3 Å². The van der Waals surface area contributed by atoms with Crippen LogP contribution in [0.1, 0.15) is 23.2 Å². The SMILES string of the molecule is CSC1(C#N)CCN(C(=O)c2c(Cl)cccc2Cl)CC1. The third-order valence-corrected chi connectivity index (χ3v) is 5.54. The molecule has 1 aromatic rings. The van der Waals surface area contributed by atoms with E-state index in [1.807, 2.05) is 6.26 Å². The molecule has 1 heterocycles. The summed E-state index contributed by atoms with van der Waals surface area (Å²) in [5.41, 5.74) is 0.351. The zero-order valence-corrected chi connectivity index (χ0v) is 13.4. The lowest BCUT2D eigenvalue weighted by atomic mass is 9.96. The maximum atomic E-state index is 12.5. The molecule has 1 aromatic carbocycles. The Labute approximate surface area is 132 Å². The van der Waals surface area contributed by atoms with Gasteiger partial charge in [0.05, 0.1) is 21.7 Å². The van der Waals surface area contributed by atoms with Crippen LogP contribution in [0.3, 0.4) is 0 Å². The first-order chi connectivity index (χ1) is 9.53. The Kier molecular flexibility index (Phi) is 4.85. The van der Waals surface area contributed by atoms with Crippen molar-refractivity contribution in [2.75, 3.05) is 19.3 Å². The molecule has 1 saturated heterocycles. The highest BCUT2D eigenvalue weighted by atomic mass is 35.5. The normalized spacial score (nSPS) is 17.6. The second-order valence-electron chi connectivity index (χ2n) is 4.70. The third-order valence-electron chi connectivity index (χ3n) is 3.63.